The predicted molar refractivity (Wildman–Crippen MR) is 127 cm³/mol. The SMILES string of the molecule is CNC(=O)C[C@]1(C(=O)O)CC(=O)OB([C@H](CC(C)C)NC(=O)CNC(=O)c2cc(Cl)ccc2Cl)O1. The summed E-state index contributed by atoms with van der Waals surface area (Å²) in [5, 5.41) is 17.5. The summed E-state index contributed by atoms with van der Waals surface area (Å²) in [7, 11) is -0.148. The average molecular weight is 530 g/mol. The lowest BCUT2D eigenvalue weighted by atomic mass is 9.70. The van der Waals surface area contributed by atoms with Crippen LogP contribution in [0.2, 0.25) is 10.0 Å². The van der Waals surface area contributed by atoms with Crippen molar-refractivity contribution in [2.75, 3.05) is 13.6 Å². The van der Waals surface area contributed by atoms with Crippen molar-refractivity contribution in [1.82, 2.24) is 16.0 Å². The van der Waals surface area contributed by atoms with E-state index >= 15 is 0 Å². The summed E-state index contributed by atoms with van der Waals surface area (Å²) in [5.74, 6) is -5.32. The number of benzene rings is 1. The fraction of sp³-hybridized carbons (Fsp3) is 0.476. The van der Waals surface area contributed by atoms with Gasteiger partial charge in [-0.3, -0.25) is 19.2 Å². The van der Waals surface area contributed by atoms with Crippen LogP contribution in [-0.2, 0) is 28.5 Å². The Labute approximate surface area is 212 Å². The molecular weight excluding hydrogens is 504 g/mol. The standard InChI is InChI=1S/C21H26BCl2N3O8/c1-11(2)6-15(22-34-18(30)9-21(35-22,20(32)33)8-16(28)25-3)27-17(29)10-26-19(31)13-7-12(23)4-5-14(13)24/h4-5,7,11,15H,6,8-10H2,1-3H3,(H,25,28)(H,26,31)(H,27,29)(H,32,33)/t15-,21+/m0/s1. The Bertz CT molecular complexity index is 1010. The van der Waals surface area contributed by atoms with Crippen molar-refractivity contribution in [1.29, 1.82) is 0 Å². The van der Waals surface area contributed by atoms with Gasteiger partial charge in [0.15, 0.2) is 5.60 Å². The second-order valence-corrected chi connectivity index (χ2v) is 9.26. The van der Waals surface area contributed by atoms with E-state index in [2.05, 4.69) is 16.0 Å². The van der Waals surface area contributed by atoms with E-state index in [1.807, 2.05) is 13.8 Å². The smallest absolute Gasteiger partial charge is 0.508 e. The lowest BCUT2D eigenvalue weighted by Gasteiger charge is -2.38. The first-order valence-electron chi connectivity index (χ1n) is 10.7. The molecule has 3 amide bonds. The molecule has 1 aromatic carbocycles. The van der Waals surface area contributed by atoms with Gasteiger partial charge < -0.3 is 30.4 Å². The number of amides is 3. The summed E-state index contributed by atoms with van der Waals surface area (Å²) in [4.78, 5) is 61.2. The molecule has 0 bridgehead atoms. The summed E-state index contributed by atoms with van der Waals surface area (Å²) in [6, 6.07) is 4.31. The molecule has 1 aliphatic heterocycles. The van der Waals surface area contributed by atoms with Gasteiger partial charge in [-0.15, -0.1) is 0 Å². The number of halogens is 2. The van der Waals surface area contributed by atoms with Gasteiger partial charge in [0, 0.05) is 12.1 Å². The highest BCUT2D eigenvalue weighted by Crippen LogP contribution is 2.30. The van der Waals surface area contributed by atoms with Crippen LogP contribution in [0.1, 0.15) is 43.5 Å². The van der Waals surface area contributed by atoms with E-state index in [0.717, 1.165) is 0 Å². The maximum atomic E-state index is 12.6. The Morgan fingerprint density at radius 2 is 1.89 bits per heavy atom. The highest BCUT2D eigenvalue weighted by atomic mass is 35.5. The van der Waals surface area contributed by atoms with Crippen LogP contribution in [0.5, 0.6) is 0 Å². The van der Waals surface area contributed by atoms with Crippen molar-refractivity contribution in [3.05, 3.63) is 33.8 Å². The van der Waals surface area contributed by atoms with Crippen LogP contribution >= 0.6 is 23.2 Å². The molecule has 1 saturated heterocycles. The molecule has 0 aromatic heterocycles. The van der Waals surface area contributed by atoms with Gasteiger partial charge in [0.1, 0.15) is 0 Å². The molecule has 1 aromatic rings. The third kappa shape index (κ3) is 7.84. The minimum absolute atomic E-state index is 0.0254. The van der Waals surface area contributed by atoms with Gasteiger partial charge in [-0.05, 0) is 30.5 Å². The molecule has 0 spiro atoms. The third-order valence-electron chi connectivity index (χ3n) is 5.12. The van der Waals surface area contributed by atoms with Crippen molar-refractivity contribution in [3.63, 3.8) is 0 Å². The van der Waals surface area contributed by atoms with Crippen LogP contribution in [0.3, 0.4) is 0 Å². The molecule has 190 valence electrons. The summed E-state index contributed by atoms with van der Waals surface area (Å²) < 4.78 is 10.8. The van der Waals surface area contributed by atoms with Crippen molar-refractivity contribution >= 4 is 60.0 Å². The van der Waals surface area contributed by atoms with E-state index in [4.69, 9.17) is 32.5 Å². The number of aliphatic carboxylic acids is 1. The van der Waals surface area contributed by atoms with Crippen LogP contribution in [0, 0.1) is 5.92 Å². The number of carboxylic acid groups (broad SMARTS) is 1. The van der Waals surface area contributed by atoms with Crippen LogP contribution in [-0.4, -0.2) is 67.0 Å². The quantitative estimate of drug-likeness (QED) is 0.329. The van der Waals surface area contributed by atoms with E-state index in [-0.39, 0.29) is 27.9 Å². The summed E-state index contributed by atoms with van der Waals surface area (Å²) in [5.41, 5.74) is -2.08. The number of carbonyl (C=O) groups is 5. The van der Waals surface area contributed by atoms with Gasteiger partial charge in [-0.1, -0.05) is 37.0 Å². The lowest BCUT2D eigenvalue weighted by Crippen LogP contribution is -2.62. The molecule has 2 atom stereocenters. The number of carbonyl (C=O) groups excluding carboxylic acids is 4. The summed E-state index contributed by atoms with van der Waals surface area (Å²) in [6.45, 7) is 3.21. The molecule has 0 unspecified atom stereocenters. The van der Waals surface area contributed by atoms with Gasteiger partial charge in [-0.2, -0.15) is 0 Å². The van der Waals surface area contributed by atoms with E-state index in [0.29, 0.717) is 0 Å². The Hall–Kier alpha value is -2.83. The van der Waals surface area contributed by atoms with Crippen molar-refractivity contribution in [2.24, 2.45) is 5.92 Å². The fourth-order valence-electron chi connectivity index (χ4n) is 3.44. The van der Waals surface area contributed by atoms with Gasteiger partial charge in [0.2, 0.25) is 11.8 Å². The molecule has 0 radical (unpaired) electrons. The number of hydrogen-bond donors (Lipinski definition) is 4. The number of carboxylic acids is 1. The molecule has 4 N–H and O–H groups in total. The van der Waals surface area contributed by atoms with Gasteiger partial charge >= 0.3 is 13.1 Å². The van der Waals surface area contributed by atoms with Gasteiger partial charge in [0.05, 0.1) is 35.9 Å². The monoisotopic (exact) mass is 529 g/mol. The topological polar surface area (TPSA) is 160 Å². The Kier molecular flexibility index (Phi) is 9.93. The Morgan fingerprint density at radius 3 is 2.49 bits per heavy atom. The van der Waals surface area contributed by atoms with E-state index in [1.165, 1.54) is 25.2 Å². The zero-order chi connectivity index (χ0) is 26.3. The fourth-order valence-corrected chi connectivity index (χ4v) is 3.82. The van der Waals surface area contributed by atoms with Crippen molar-refractivity contribution in [3.8, 4) is 0 Å². The van der Waals surface area contributed by atoms with E-state index < -0.39 is 67.7 Å². The molecule has 0 saturated carbocycles. The number of rotatable bonds is 10. The molecule has 1 aliphatic rings. The van der Waals surface area contributed by atoms with Crippen LogP contribution in [0.15, 0.2) is 18.2 Å². The molecule has 1 fully saturated rings. The first-order chi connectivity index (χ1) is 16.4. The van der Waals surface area contributed by atoms with Crippen LogP contribution in [0.25, 0.3) is 0 Å². The second-order valence-electron chi connectivity index (χ2n) is 8.41. The van der Waals surface area contributed by atoms with Crippen LogP contribution in [0.4, 0.5) is 0 Å². The van der Waals surface area contributed by atoms with Crippen LogP contribution < -0.4 is 16.0 Å². The first-order valence-corrected chi connectivity index (χ1v) is 11.5. The largest absolute Gasteiger partial charge is 0.552 e. The minimum atomic E-state index is -2.16. The normalized spacial score (nSPS) is 18.5. The highest BCUT2D eigenvalue weighted by molar-refractivity contribution is 6.50. The number of hydrogen-bond acceptors (Lipinski definition) is 7. The van der Waals surface area contributed by atoms with Crippen molar-refractivity contribution < 1.29 is 38.4 Å². The van der Waals surface area contributed by atoms with E-state index in [1.54, 1.807) is 0 Å². The Balaban J connectivity index is 2.15. The zero-order valence-electron chi connectivity index (χ0n) is 19.4. The molecule has 0 aliphatic carbocycles. The molecule has 2 rings (SSSR count). The second kappa shape index (κ2) is 12.2. The molecule has 35 heavy (non-hydrogen) atoms. The van der Waals surface area contributed by atoms with Gasteiger partial charge in [-0.25, -0.2) is 4.79 Å². The molecule has 11 nitrogen and oxygen atoms in total. The third-order valence-corrected chi connectivity index (χ3v) is 5.68. The maximum Gasteiger partial charge on any atom is 0.552 e. The highest BCUT2D eigenvalue weighted by Gasteiger charge is 2.54. The maximum absolute atomic E-state index is 12.6. The van der Waals surface area contributed by atoms with Gasteiger partial charge in [0.25, 0.3) is 11.9 Å². The number of nitrogens with one attached hydrogen (secondary N) is 3. The average Bonchev–Trinajstić information content (AvgIpc) is 2.77. The minimum Gasteiger partial charge on any atom is -0.508 e. The molecule has 14 heteroatoms. The lowest BCUT2D eigenvalue weighted by molar-refractivity contribution is -0.172. The summed E-state index contributed by atoms with van der Waals surface area (Å²) in [6.07, 6.45) is -1.05. The molecule has 1 heterocycles. The molecular formula is C21H26BCl2N3O8. The summed E-state index contributed by atoms with van der Waals surface area (Å²) >= 11 is 11.9. The predicted octanol–water partition coefficient (Wildman–Crippen LogP) is 1.20. The zero-order valence-corrected chi connectivity index (χ0v) is 20.9. The Morgan fingerprint density at radius 1 is 1.20 bits per heavy atom. The van der Waals surface area contributed by atoms with E-state index in [9.17, 15) is 29.1 Å². The first kappa shape index (κ1) is 28.4. The van der Waals surface area contributed by atoms with Crippen molar-refractivity contribution in [2.45, 2.75) is 44.7 Å².